The SMILES string of the molecule is CC(C)[Si](C#CC1CCC(NC(=O)c2ccccn2)C1)(C(C)C)C(C)C. The van der Waals surface area contributed by atoms with Gasteiger partial charge in [0, 0.05) is 18.2 Å². The molecule has 1 amide bonds. The minimum Gasteiger partial charge on any atom is -0.348 e. The first-order valence-electron chi connectivity index (χ1n) is 10.0. The fraction of sp³-hybridized carbons (Fsp3) is 0.636. The summed E-state index contributed by atoms with van der Waals surface area (Å²) in [5, 5.41) is 3.13. The summed E-state index contributed by atoms with van der Waals surface area (Å²) in [5.74, 6) is 3.99. The minimum absolute atomic E-state index is 0.0699. The summed E-state index contributed by atoms with van der Waals surface area (Å²) in [6.07, 6.45) is 4.71. The lowest BCUT2D eigenvalue weighted by Crippen LogP contribution is -2.43. The van der Waals surface area contributed by atoms with Gasteiger partial charge >= 0.3 is 0 Å². The number of hydrogen-bond donors (Lipinski definition) is 1. The van der Waals surface area contributed by atoms with Crippen molar-refractivity contribution in [2.45, 2.75) is 83.5 Å². The van der Waals surface area contributed by atoms with E-state index >= 15 is 0 Å². The van der Waals surface area contributed by atoms with Crippen LogP contribution in [0.2, 0.25) is 16.6 Å². The molecule has 4 heteroatoms. The molecule has 1 heterocycles. The first kappa shape index (κ1) is 20.7. The van der Waals surface area contributed by atoms with E-state index in [4.69, 9.17) is 0 Å². The summed E-state index contributed by atoms with van der Waals surface area (Å²) in [5.41, 5.74) is 6.33. The van der Waals surface area contributed by atoms with Crippen molar-refractivity contribution in [3.8, 4) is 11.5 Å². The third-order valence-electron chi connectivity index (χ3n) is 6.02. The molecule has 1 aromatic heterocycles. The van der Waals surface area contributed by atoms with E-state index in [0.29, 0.717) is 28.2 Å². The Hall–Kier alpha value is -1.60. The lowest BCUT2D eigenvalue weighted by molar-refractivity contribution is 0.0932. The van der Waals surface area contributed by atoms with Crippen LogP contribution in [0.1, 0.15) is 71.3 Å². The van der Waals surface area contributed by atoms with Crippen LogP contribution in [-0.4, -0.2) is 25.0 Å². The zero-order chi connectivity index (χ0) is 19.3. The van der Waals surface area contributed by atoms with Crippen molar-refractivity contribution >= 4 is 14.0 Å². The number of hydrogen-bond acceptors (Lipinski definition) is 2. The summed E-state index contributed by atoms with van der Waals surface area (Å²) in [4.78, 5) is 16.4. The van der Waals surface area contributed by atoms with E-state index < -0.39 is 8.07 Å². The predicted molar refractivity (Wildman–Crippen MR) is 112 cm³/mol. The molecule has 0 radical (unpaired) electrons. The number of carbonyl (C=O) groups is 1. The van der Waals surface area contributed by atoms with Gasteiger partial charge < -0.3 is 5.32 Å². The van der Waals surface area contributed by atoms with Gasteiger partial charge in [-0.25, -0.2) is 0 Å². The first-order chi connectivity index (χ1) is 12.3. The van der Waals surface area contributed by atoms with Crippen LogP contribution in [0.5, 0.6) is 0 Å². The van der Waals surface area contributed by atoms with Crippen molar-refractivity contribution in [2.75, 3.05) is 0 Å². The average molecular weight is 371 g/mol. The molecule has 1 aliphatic carbocycles. The van der Waals surface area contributed by atoms with E-state index in [2.05, 4.69) is 63.3 Å². The highest BCUT2D eigenvalue weighted by Crippen LogP contribution is 2.41. The van der Waals surface area contributed by atoms with Crippen molar-refractivity contribution in [3.63, 3.8) is 0 Å². The largest absolute Gasteiger partial charge is 0.348 e. The van der Waals surface area contributed by atoms with Crippen LogP contribution in [0.3, 0.4) is 0 Å². The number of nitrogens with one attached hydrogen (secondary N) is 1. The van der Waals surface area contributed by atoms with E-state index in [-0.39, 0.29) is 11.9 Å². The summed E-state index contributed by atoms with van der Waals surface area (Å²) < 4.78 is 0. The Morgan fingerprint density at radius 1 is 1.12 bits per heavy atom. The van der Waals surface area contributed by atoms with Gasteiger partial charge in [-0.05, 0) is 48.0 Å². The smallest absolute Gasteiger partial charge is 0.270 e. The lowest BCUT2D eigenvalue weighted by atomic mass is 10.1. The maximum atomic E-state index is 12.3. The van der Waals surface area contributed by atoms with Gasteiger partial charge in [0.05, 0.1) is 0 Å². The van der Waals surface area contributed by atoms with Gasteiger partial charge in [-0.2, -0.15) is 0 Å². The van der Waals surface area contributed by atoms with Crippen molar-refractivity contribution in [2.24, 2.45) is 5.92 Å². The Bertz CT molecular complexity index is 636. The highest BCUT2D eigenvalue weighted by molar-refractivity contribution is 6.90. The Labute approximate surface area is 160 Å². The molecular weight excluding hydrogens is 336 g/mol. The van der Waals surface area contributed by atoms with E-state index in [1.807, 2.05) is 12.1 Å². The maximum absolute atomic E-state index is 12.3. The number of aromatic nitrogens is 1. The molecule has 0 bridgehead atoms. The molecular formula is C22H34N2OSi. The molecule has 0 saturated heterocycles. The van der Waals surface area contributed by atoms with Gasteiger partial charge in [-0.15, -0.1) is 11.5 Å². The normalized spacial score (nSPS) is 20.3. The molecule has 2 rings (SSSR count). The van der Waals surface area contributed by atoms with Crippen LogP contribution in [0, 0.1) is 17.4 Å². The quantitative estimate of drug-likeness (QED) is 0.571. The standard InChI is InChI=1S/C22H34N2OSi/c1-16(2)26(17(3)4,18(5)6)14-12-19-10-11-20(15-19)24-22(25)21-9-7-8-13-23-21/h7-9,13,16-20H,10-11,15H2,1-6H3,(H,24,25). The first-order valence-corrected chi connectivity index (χ1v) is 12.2. The molecule has 2 atom stereocenters. The molecule has 142 valence electrons. The van der Waals surface area contributed by atoms with Crippen molar-refractivity contribution in [1.29, 1.82) is 0 Å². The van der Waals surface area contributed by atoms with Crippen molar-refractivity contribution in [3.05, 3.63) is 30.1 Å². The van der Waals surface area contributed by atoms with Crippen LogP contribution in [0.25, 0.3) is 0 Å². The van der Waals surface area contributed by atoms with Gasteiger partial charge in [0.15, 0.2) is 0 Å². The second-order valence-corrected chi connectivity index (χ2v) is 14.1. The lowest BCUT2D eigenvalue weighted by Gasteiger charge is -2.38. The maximum Gasteiger partial charge on any atom is 0.270 e. The summed E-state index contributed by atoms with van der Waals surface area (Å²) >= 11 is 0. The zero-order valence-corrected chi connectivity index (χ0v) is 18.2. The molecule has 0 spiro atoms. The Balaban J connectivity index is 2.03. The van der Waals surface area contributed by atoms with Crippen LogP contribution in [-0.2, 0) is 0 Å². The molecule has 3 nitrogen and oxygen atoms in total. The Kier molecular flexibility index (Phi) is 7.06. The second-order valence-electron chi connectivity index (χ2n) is 8.56. The van der Waals surface area contributed by atoms with Gasteiger partial charge in [-0.1, -0.05) is 47.6 Å². The number of amides is 1. The van der Waals surface area contributed by atoms with E-state index in [1.165, 1.54) is 0 Å². The third kappa shape index (κ3) is 4.56. The number of rotatable bonds is 5. The minimum atomic E-state index is -1.66. The Morgan fingerprint density at radius 2 is 1.77 bits per heavy atom. The third-order valence-corrected chi connectivity index (χ3v) is 12.3. The molecule has 2 unspecified atom stereocenters. The molecule has 1 saturated carbocycles. The van der Waals surface area contributed by atoms with Gasteiger partial charge in [0.2, 0.25) is 0 Å². The molecule has 1 aromatic rings. The number of nitrogens with zero attached hydrogens (tertiary/aromatic N) is 1. The van der Waals surface area contributed by atoms with Crippen LogP contribution in [0.4, 0.5) is 0 Å². The molecule has 1 N–H and O–H groups in total. The molecule has 0 aromatic carbocycles. The fourth-order valence-electron chi connectivity index (χ4n) is 4.66. The van der Waals surface area contributed by atoms with Crippen LogP contribution < -0.4 is 5.32 Å². The Morgan fingerprint density at radius 3 is 2.31 bits per heavy atom. The summed E-state index contributed by atoms with van der Waals surface area (Å²) in [6.45, 7) is 14.1. The number of carbonyl (C=O) groups excluding carboxylic acids is 1. The average Bonchev–Trinajstić information content (AvgIpc) is 3.02. The van der Waals surface area contributed by atoms with E-state index in [1.54, 1.807) is 12.3 Å². The van der Waals surface area contributed by atoms with Crippen LogP contribution in [0.15, 0.2) is 24.4 Å². The predicted octanol–water partition coefficient (Wildman–Crippen LogP) is 5.20. The summed E-state index contributed by atoms with van der Waals surface area (Å²) in [6, 6.07) is 5.65. The monoisotopic (exact) mass is 370 g/mol. The van der Waals surface area contributed by atoms with Gasteiger partial charge in [0.1, 0.15) is 13.8 Å². The molecule has 1 aliphatic rings. The van der Waals surface area contributed by atoms with Gasteiger partial charge in [0.25, 0.3) is 5.91 Å². The number of pyridine rings is 1. The highest BCUT2D eigenvalue weighted by atomic mass is 28.3. The van der Waals surface area contributed by atoms with E-state index in [0.717, 1.165) is 19.3 Å². The molecule has 26 heavy (non-hydrogen) atoms. The summed E-state index contributed by atoms with van der Waals surface area (Å²) in [7, 11) is -1.66. The van der Waals surface area contributed by atoms with Crippen molar-refractivity contribution < 1.29 is 4.79 Å². The van der Waals surface area contributed by atoms with E-state index in [9.17, 15) is 4.79 Å². The highest BCUT2D eigenvalue weighted by Gasteiger charge is 2.42. The zero-order valence-electron chi connectivity index (χ0n) is 17.2. The van der Waals surface area contributed by atoms with Crippen LogP contribution >= 0.6 is 0 Å². The fourth-order valence-corrected chi connectivity index (χ4v) is 9.98. The molecule has 0 aliphatic heterocycles. The van der Waals surface area contributed by atoms with Crippen molar-refractivity contribution in [1.82, 2.24) is 10.3 Å². The second kappa shape index (κ2) is 8.86. The molecule has 1 fully saturated rings. The van der Waals surface area contributed by atoms with Gasteiger partial charge in [-0.3, -0.25) is 9.78 Å². The topological polar surface area (TPSA) is 42.0 Å².